The molecule has 0 saturated carbocycles. The first-order chi connectivity index (χ1) is 13.3. The van der Waals surface area contributed by atoms with Crippen molar-refractivity contribution in [3.8, 4) is 0 Å². The van der Waals surface area contributed by atoms with E-state index in [0.717, 1.165) is 48.6 Å². The van der Waals surface area contributed by atoms with E-state index < -0.39 is 0 Å². The van der Waals surface area contributed by atoms with Crippen molar-refractivity contribution in [2.45, 2.75) is 25.5 Å². The summed E-state index contributed by atoms with van der Waals surface area (Å²) < 4.78 is 5.51. The zero-order valence-electron chi connectivity index (χ0n) is 15.0. The summed E-state index contributed by atoms with van der Waals surface area (Å²) in [6.45, 7) is 2.02. The van der Waals surface area contributed by atoms with Crippen molar-refractivity contribution in [2.75, 3.05) is 24.6 Å². The Morgan fingerprint density at radius 2 is 2.11 bits per heavy atom. The highest BCUT2D eigenvalue weighted by molar-refractivity contribution is 5.77. The van der Waals surface area contributed by atoms with Crippen LogP contribution in [0.2, 0.25) is 0 Å². The molecule has 8 heteroatoms. The van der Waals surface area contributed by atoms with Gasteiger partial charge in [-0.1, -0.05) is 12.1 Å². The molecule has 0 unspecified atom stereocenters. The second-order valence-corrected chi connectivity index (χ2v) is 6.59. The Bertz CT molecular complexity index is 856. The Kier molecular flexibility index (Phi) is 5.24. The van der Waals surface area contributed by atoms with E-state index in [2.05, 4.69) is 30.2 Å². The van der Waals surface area contributed by atoms with Crippen molar-refractivity contribution in [3.05, 3.63) is 48.7 Å². The minimum atomic E-state index is -0.0935. The van der Waals surface area contributed by atoms with Gasteiger partial charge in [0.2, 0.25) is 5.91 Å². The molecule has 1 saturated heterocycles. The first kappa shape index (κ1) is 17.4. The Labute approximate surface area is 157 Å². The van der Waals surface area contributed by atoms with Gasteiger partial charge in [-0.3, -0.25) is 9.78 Å². The topological polar surface area (TPSA) is 96.0 Å². The predicted molar refractivity (Wildman–Crippen MR) is 101 cm³/mol. The third kappa shape index (κ3) is 4.40. The van der Waals surface area contributed by atoms with Gasteiger partial charge in [0, 0.05) is 31.5 Å². The van der Waals surface area contributed by atoms with Gasteiger partial charge >= 0.3 is 0 Å². The summed E-state index contributed by atoms with van der Waals surface area (Å²) in [4.78, 5) is 30.4. The number of carbonyl (C=O) groups excluding carboxylic acids is 1. The van der Waals surface area contributed by atoms with E-state index in [4.69, 9.17) is 4.74 Å². The monoisotopic (exact) mass is 366 g/mol. The highest BCUT2D eigenvalue weighted by atomic mass is 16.5. The first-order valence-corrected chi connectivity index (χ1v) is 9.09. The summed E-state index contributed by atoms with van der Waals surface area (Å²) in [5, 5.41) is 3.05. The maximum absolute atomic E-state index is 12.1. The van der Waals surface area contributed by atoms with Crippen LogP contribution in [0.15, 0.2) is 42.9 Å². The van der Waals surface area contributed by atoms with Crippen molar-refractivity contribution >= 4 is 22.8 Å². The molecule has 0 radical (unpaired) electrons. The number of para-hydroxylation sites is 2. The molecule has 140 valence electrons. The van der Waals surface area contributed by atoms with Crippen LogP contribution in [-0.4, -0.2) is 51.6 Å². The van der Waals surface area contributed by atoms with Crippen LogP contribution in [-0.2, 0) is 16.1 Å². The molecule has 3 aromatic rings. The number of piperidine rings is 1. The number of carbonyl (C=O) groups is 1. The van der Waals surface area contributed by atoms with Gasteiger partial charge in [0.05, 0.1) is 17.2 Å². The summed E-state index contributed by atoms with van der Waals surface area (Å²) in [5.41, 5.74) is 1.87. The van der Waals surface area contributed by atoms with E-state index in [-0.39, 0.29) is 25.2 Å². The fourth-order valence-electron chi connectivity index (χ4n) is 3.29. The number of anilines is 1. The SMILES string of the molecule is O=C(COCc1nc2ccccc2[nH]1)NC1CCN(c2cnccn2)CC1. The number of hydrogen-bond donors (Lipinski definition) is 2. The van der Waals surface area contributed by atoms with E-state index in [9.17, 15) is 4.79 Å². The quantitative estimate of drug-likeness (QED) is 0.689. The number of nitrogens with zero attached hydrogens (tertiary/aromatic N) is 4. The molecule has 3 heterocycles. The Morgan fingerprint density at radius 1 is 1.26 bits per heavy atom. The van der Waals surface area contributed by atoms with Crippen LogP contribution < -0.4 is 10.2 Å². The molecule has 1 amide bonds. The van der Waals surface area contributed by atoms with Crippen molar-refractivity contribution in [1.82, 2.24) is 25.3 Å². The molecule has 0 bridgehead atoms. The van der Waals surface area contributed by atoms with Gasteiger partial charge in [-0.15, -0.1) is 0 Å². The van der Waals surface area contributed by atoms with Gasteiger partial charge in [-0.25, -0.2) is 9.97 Å². The van der Waals surface area contributed by atoms with Crippen LogP contribution >= 0.6 is 0 Å². The third-order valence-corrected chi connectivity index (χ3v) is 4.64. The predicted octanol–water partition coefficient (Wildman–Crippen LogP) is 1.65. The van der Waals surface area contributed by atoms with E-state index >= 15 is 0 Å². The molecule has 8 nitrogen and oxygen atoms in total. The van der Waals surface area contributed by atoms with Gasteiger partial charge in [-0.05, 0) is 25.0 Å². The molecule has 2 N–H and O–H groups in total. The Morgan fingerprint density at radius 3 is 2.89 bits per heavy atom. The Hall–Kier alpha value is -3.00. The molecule has 1 fully saturated rings. The second kappa shape index (κ2) is 8.13. The fraction of sp³-hybridized carbons (Fsp3) is 0.368. The molecule has 0 atom stereocenters. The molecule has 1 aliphatic rings. The van der Waals surface area contributed by atoms with Crippen LogP contribution in [0.25, 0.3) is 11.0 Å². The molecule has 4 rings (SSSR count). The van der Waals surface area contributed by atoms with Gasteiger partial charge < -0.3 is 19.9 Å². The number of aromatic nitrogens is 4. The number of hydrogen-bond acceptors (Lipinski definition) is 6. The summed E-state index contributed by atoms with van der Waals surface area (Å²) in [7, 11) is 0. The van der Waals surface area contributed by atoms with E-state index in [1.165, 1.54) is 0 Å². The molecule has 0 aliphatic carbocycles. The number of imidazole rings is 1. The molecule has 2 aromatic heterocycles. The van der Waals surface area contributed by atoms with Crippen molar-refractivity contribution in [2.24, 2.45) is 0 Å². The first-order valence-electron chi connectivity index (χ1n) is 9.09. The minimum Gasteiger partial charge on any atom is -0.364 e. The summed E-state index contributed by atoms with van der Waals surface area (Å²) in [6, 6.07) is 7.97. The number of benzene rings is 1. The Balaban J connectivity index is 1.19. The number of amides is 1. The number of ether oxygens (including phenoxy) is 1. The smallest absolute Gasteiger partial charge is 0.246 e. The maximum atomic E-state index is 12.1. The van der Waals surface area contributed by atoms with Crippen molar-refractivity contribution in [3.63, 3.8) is 0 Å². The summed E-state index contributed by atoms with van der Waals surface area (Å²) >= 11 is 0. The van der Waals surface area contributed by atoms with Crippen LogP contribution in [0, 0.1) is 0 Å². The molecular weight excluding hydrogens is 344 g/mol. The molecular formula is C19H22N6O2. The number of nitrogens with one attached hydrogen (secondary N) is 2. The highest BCUT2D eigenvalue weighted by Crippen LogP contribution is 2.16. The normalized spacial score (nSPS) is 15.2. The van der Waals surface area contributed by atoms with Crippen LogP contribution in [0.1, 0.15) is 18.7 Å². The number of aromatic amines is 1. The highest BCUT2D eigenvalue weighted by Gasteiger charge is 2.21. The van der Waals surface area contributed by atoms with E-state index in [1.807, 2.05) is 24.3 Å². The second-order valence-electron chi connectivity index (χ2n) is 6.59. The largest absolute Gasteiger partial charge is 0.364 e. The standard InChI is InChI=1S/C19H22N6O2/c26-19(13-27-12-17-23-15-3-1-2-4-16(15)24-17)22-14-5-9-25(10-6-14)18-11-20-7-8-21-18/h1-4,7-8,11,14H,5-6,9-10,12-13H2,(H,22,26)(H,23,24). The number of H-pyrrole nitrogens is 1. The third-order valence-electron chi connectivity index (χ3n) is 4.64. The average Bonchev–Trinajstić information content (AvgIpc) is 3.12. The lowest BCUT2D eigenvalue weighted by Gasteiger charge is -2.32. The minimum absolute atomic E-state index is 0.0292. The number of rotatable bonds is 6. The molecule has 0 spiro atoms. The van der Waals surface area contributed by atoms with Gasteiger partial charge in [0.1, 0.15) is 24.9 Å². The zero-order chi connectivity index (χ0) is 18.5. The van der Waals surface area contributed by atoms with Crippen molar-refractivity contribution in [1.29, 1.82) is 0 Å². The number of fused-ring (bicyclic) bond motifs is 1. The van der Waals surface area contributed by atoms with Crippen molar-refractivity contribution < 1.29 is 9.53 Å². The van der Waals surface area contributed by atoms with Gasteiger partial charge in [0.25, 0.3) is 0 Å². The van der Waals surface area contributed by atoms with E-state index in [1.54, 1.807) is 18.6 Å². The molecule has 27 heavy (non-hydrogen) atoms. The lowest BCUT2D eigenvalue weighted by Crippen LogP contribution is -2.45. The lowest BCUT2D eigenvalue weighted by molar-refractivity contribution is -0.127. The average molecular weight is 366 g/mol. The summed E-state index contributed by atoms with van der Waals surface area (Å²) in [5.74, 6) is 1.52. The van der Waals surface area contributed by atoms with Gasteiger partial charge in [-0.2, -0.15) is 0 Å². The maximum Gasteiger partial charge on any atom is 0.246 e. The lowest BCUT2D eigenvalue weighted by atomic mass is 10.1. The van der Waals surface area contributed by atoms with Crippen LogP contribution in [0.4, 0.5) is 5.82 Å². The molecule has 1 aromatic carbocycles. The fourth-order valence-corrected chi connectivity index (χ4v) is 3.29. The zero-order valence-corrected chi connectivity index (χ0v) is 15.0. The molecule has 1 aliphatic heterocycles. The van der Waals surface area contributed by atoms with Gasteiger partial charge in [0.15, 0.2) is 0 Å². The summed E-state index contributed by atoms with van der Waals surface area (Å²) in [6.07, 6.45) is 6.90. The van der Waals surface area contributed by atoms with Crippen LogP contribution in [0.3, 0.4) is 0 Å². The van der Waals surface area contributed by atoms with Crippen LogP contribution in [0.5, 0.6) is 0 Å². The van der Waals surface area contributed by atoms with E-state index in [0.29, 0.717) is 0 Å².